The van der Waals surface area contributed by atoms with Crippen LogP contribution in [0, 0.1) is 18.2 Å². The summed E-state index contributed by atoms with van der Waals surface area (Å²) >= 11 is 0. The molecule has 4 heterocycles. The molecule has 2 fully saturated rings. The number of nitrogens with one attached hydrogen (secondary N) is 2. The van der Waals surface area contributed by atoms with E-state index in [9.17, 15) is 28.7 Å². The number of morpholine rings is 1. The van der Waals surface area contributed by atoms with Crippen LogP contribution in [0.25, 0.3) is 0 Å². The maximum atomic E-state index is 13.7. The molecule has 0 unspecified atom stereocenters. The van der Waals surface area contributed by atoms with E-state index < -0.39 is 40.3 Å². The van der Waals surface area contributed by atoms with Crippen LogP contribution in [0.3, 0.4) is 0 Å². The number of hydrogen-bond acceptors (Lipinski definition) is 8. The van der Waals surface area contributed by atoms with Gasteiger partial charge in [-0.15, -0.1) is 0 Å². The Morgan fingerprint density at radius 1 is 1.14 bits per heavy atom. The van der Waals surface area contributed by atoms with Gasteiger partial charge in [-0.2, -0.15) is 0 Å². The van der Waals surface area contributed by atoms with E-state index in [0.29, 0.717) is 56.6 Å². The largest absolute Gasteiger partial charge is 0.501 e. The van der Waals surface area contributed by atoms with E-state index in [0.717, 1.165) is 13.1 Å². The Kier molecular flexibility index (Phi) is 8.08. The zero-order valence-corrected chi connectivity index (χ0v) is 24.2. The van der Waals surface area contributed by atoms with Crippen LogP contribution >= 0.6 is 0 Å². The van der Waals surface area contributed by atoms with Crippen LogP contribution in [0.2, 0.25) is 0 Å². The Labute approximate surface area is 242 Å². The number of halogens is 1. The van der Waals surface area contributed by atoms with E-state index in [1.54, 1.807) is 13.0 Å². The monoisotopic (exact) mass is 584 g/mol. The number of hydrogen-bond donors (Lipinski definition) is 3. The summed E-state index contributed by atoms with van der Waals surface area (Å²) in [6.45, 7) is 5.34. The summed E-state index contributed by atoms with van der Waals surface area (Å²) in [5.41, 5.74) is -1.74. The van der Waals surface area contributed by atoms with Gasteiger partial charge in [0.15, 0.2) is 5.69 Å². The average molecular weight is 585 g/mol. The molecule has 3 aliphatic heterocycles. The highest BCUT2D eigenvalue weighted by molar-refractivity contribution is 6.35. The van der Waals surface area contributed by atoms with Crippen molar-refractivity contribution < 1.29 is 28.6 Å². The number of fused-ring (bicyclic) bond motifs is 2. The molecular formula is C29H37FN6O6. The van der Waals surface area contributed by atoms with Crippen LogP contribution in [0.15, 0.2) is 23.0 Å². The van der Waals surface area contributed by atoms with Gasteiger partial charge in [-0.25, -0.2) is 9.37 Å². The Balaban J connectivity index is 1.52. The van der Waals surface area contributed by atoms with Crippen LogP contribution in [0.1, 0.15) is 53.1 Å². The summed E-state index contributed by atoms with van der Waals surface area (Å²) < 4.78 is 20.5. The van der Waals surface area contributed by atoms with Gasteiger partial charge in [0.2, 0.25) is 5.75 Å². The molecule has 2 aromatic rings. The molecule has 42 heavy (non-hydrogen) atoms. The van der Waals surface area contributed by atoms with Crippen molar-refractivity contribution in [1.82, 2.24) is 30.0 Å². The molecule has 1 aromatic heterocycles. The van der Waals surface area contributed by atoms with E-state index in [-0.39, 0.29) is 30.1 Å². The highest BCUT2D eigenvalue weighted by Crippen LogP contribution is 2.50. The fourth-order valence-corrected chi connectivity index (χ4v) is 6.32. The maximum absolute atomic E-state index is 13.7. The van der Waals surface area contributed by atoms with Crippen LogP contribution in [0.4, 0.5) is 4.39 Å². The van der Waals surface area contributed by atoms with Crippen LogP contribution < -0.4 is 16.2 Å². The maximum Gasteiger partial charge on any atom is 0.311 e. The van der Waals surface area contributed by atoms with Gasteiger partial charge in [-0.1, -0.05) is 12.1 Å². The highest BCUT2D eigenvalue weighted by atomic mass is 19.1. The minimum atomic E-state index is -1.19. The number of aromatic hydroxyl groups is 1. The second kappa shape index (κ2) is 11.4. The summed E-state index contributed by atoms with van der Waals surface area (Å²) in [4.78, 5) is 60.5. The standard InChI is InChI=1S/C29H37FN6O6/c1-18-14-19(4-5-20(18)30)15-31-23(38)21-22(37)25(40)36-17-28(16-35-10-12-42-13-11-35)6-8-29(9-7-28,27(36)32-21)33-24(39)26(41)34(2)3/h4-5,14,37H,6-13,15-17H2,1-3H3,(H,31,38)(H,33,39). The predicted molar refractivity (Wildman–Crippen MR) is 149 cm³/mol. The Morgan fingerprint density at radius 2 is 1.83 bits per heavy atom. The van der Waals surface area contributed by atoms with Gasteiger partial charge >= 0.3 is 11.8 Å². The average Bonchev–Trinajstić information content (AvgIpc) is 3.18. The quantitative estimate of drug-likeness (QED) is 0.420. The molecule has 0 atom stereocenters. The zero-order chi connectivity index (χ0) is 30.2. The van der Waals surface area contributed by atoms with Gasteiger partial charge in [-0.3, -0.25) is 28.6 Å². The molecule has 3 amide bonds. The lowest BCUT2D eigenvalue weighted by Crippen LogP contribution is -2.54. The van der Waals surface area contributed by atoms with Gasteiger partial charge in [0.1, 0.15) is 11.6 Å². The first-order valence-electron chi connectivity index (χ1n) is 14.2. The lowest BCUT2D eigenvalue weighted by Gasteiger charge is -2.44. The van der Waals surface area contributed by atoms with Crippen molar-refractivity contribution in [1.29, 1.82) is 0 Å². The molecule has 0 radical (unpaired) electrons. The molecule has 1 aromatic carbocycles. The summed E-state index contributed by atoms with van der Waals surface area (Å²) in [6.07, 6.45) is 2.07. The second-order valence-corrected chi connectivity index (χ2v) is 11.9. The van der Waals surface area contributed by atoms with Gasteiger partial charge in [0.25, 0.3) is 11.5 Å². The summed E-state index contributed by atoms with van der Waals surface area (Å²) in [5.74, 6) is -3.39. The van der Waals surface area contributed by atoms with Gasteiger partial charge in [0, 0.05) is 52.2 Å². The molecule has 226 valence electrons. The molecule has 13 heteroatoms. The molecule has 6 rings (SSSR count). The third-order valence-corrected chi connectivity index (χ3v) is 8.74. The molecule has 4 aliphatic rings. The lowest BCUT2D eigenvalue weighted by molar-refractivity contribution is -0.145. The number of aromatic nitrogens is 2. The number of carbonyl (C=O) groups excluding carboxylic acids is 3. The van der Waals surface area contributed by atoms with Crippen molar-refractivity contribution in [3.63, 3.8) is 0 Å². The number of rotatable bonds is 6. The third kappa shape index (κ3) is 5.62. The number of benzene rings is 1. The first-order valence-corrected chi connectivity index (χ1v) is 14.2. The normalized spacial score (nSPS) is 23.5. The number of ether oxygens (including phenoxy) is 1. The number of carbonyl (C=O) groups is 3. The van der Waals surface area contributed by atoms with Crippen LogP contribution in [-0.4, -0.2) is 89.1 Å². The number of aryl methyl sites for hydroxylation is 1. The Hall–Kier alpha value is -3.84. The van der Waals surface area contributed by atoms with E-state index in [4.69, 9.17) is 4.74 Å². The lowest BCUT2D eigenvalue weighted by atomic mass is 9.68. The zero-order valence-electron chi connectivity index (χ0n) is 24.2. The van der Waals surface area contributed by atoms with Crippen molar-refractivity contribution in [2.24, 2.45) is 5.41 Å². The molecule has 3 N–H and O–H groups in total. The summed E-state index contributed by atoms with van der Waals surface area (Å²) in [7, 11) is 2.95. The van der Waals surface area contributed by atoms with Gasteiger partial charge in [0.05, 0.1) is 18.8 Å². The van der Waals surface area contributed by atoms with E-state index >= 15 is 0 Å². The van der Waals surface area contributed by atoms with Crippen molar-refractivity contribution in [2.45, 2.75) is 51.2 Å². The molecule has 0 spiro atoms. The van der Waals surface area contributed by atoms with Crippen LogP contribution in [-0.2, 0) is 33.0 Å². The predicted octanol–water partition coefficient (Wildman–Crippen LogP) is 0.632. The van der Waals surface area contributed by atoms with Crippen molar-refractivity contribution >= 4 is 17.7 Å². The van der Waals surface area contributed by atoms with Crippen molar-refractivity contribution in [3.8, 4) is 5.75 Å². The molecule has 1 saturated heterocycles. The number of likely N-dealkylation sites (N-methyl/N-ethyl adjacent to an activating group) is 1. The fraction of sp³-hybridized carbons (Fsp3) is 0.552. The Morgan fingerprint density at radius 3 is 2.48 bits per heavy atom. The molecule has 1 aliphatic carbocycles. The van der Waals surface area contributed by atoms with Gasteiger partial charge < -0.3 is 25.4 Å². The minimum absolute atomic E-state index is 0.0152. The molecular weight excluding hydrogens is 547 g/mol. The SMILES string of the molecule is Cc1cc(CNC(=O)c2nc3n(c(=O)c2O)CC2(CN4CCOCC4)CCC3(NC(=O)C(=O)N(C)C)CC2)ccc1F. The third-order valence-electron chi connectivity index (χ3n) is 8.74. The number of nitrogens with zero attached hydrogens (tertiary/aromatic N) is 4. The topological polar surface area (TPSA) is 146 Å². The first kappa shape index (κ1) is 29.6. The summed E-state index contributed by atoms with van der Waals surface area (Å²) in [5, 5.41) is 16.4. The Bertz CT molecular complexity index is 1460. The van der Waals surface area contributed by atoms with Crippen molar-refractivity contribution in [3.05, 3.63) is 57.0 Å². The smallest absolute Gasteiger partial charge is 0.311 e. The number of amides is 3. The highest BCUT2D eigenvalue weighted by Gasteiger charge is 2.52. The molecule has 12 nitrogen and oxygen atoms in total. The van der Waals surface area contributed by atoms with Gasteiger partial charge in [-0.05, 0) is 49.8 Å². The summed E-state index contributed by atoms with van der Waals surface area (Å²) in [6, 6.07) is 4.42. The first-order chi connectivity index (χ1) is 19.9. The van der Waals surface area contributed by atoms with E-state index in [2.05, 4.69) is 20.5 Å². The van der Waals surface area contributed by atoms with Crippen LogP contribution in [0.5, 0.6) is 5.75 Å². The van der Waals surface area contributed by atoms with Crippen molar-refractivity contribution in [2.75, 3.05) is 46.9 Å². The van der Waals surface area contributed by atoms with E-state index in [1.165, 1.54) is 35.7 Å². The molecule has 2 bridgehead atoms. The molecule has 1 saturated carbocycles. The fourth-order valence-electron chi connectivity index (χ4n) is 6.32. The van der Waals surface area contributed by atoms with E-state index in [1.807, 2.05) is 0 Å². The minimum Gasteiger partial charge on any atom is -0.501 e. The second-order valence-electron chi connectivity index (χ2n) is 11.9.